The van der Waals surface area contributed by atoms with E-state index in [-0.39, 0.29) is 60.8 Å². The third kappa shape index (κ3) is 6.64. The number of benzene rings is 3. The highest BCUT2D eigenvalue weighted by Crippen LogP contribution is 2.60. The van der Waals surface area contributed by atoms with Gasteiger partial charge < -0.3 is 39.8 Å². The number of hydrogen-bond donors (Lipinski definition) is 3. The molecule has 3 N–H and O–H groups in total. The second-order valence-electron chi connectivity index (χ2n) is 15.5. The monoisotopic (exact) mass is 740 g/mol. The third-order valence-electron chi connectivity index (χ3n) is 12.2. The van der Waals surface area contributed by atoms with Gasteiger partial charge in [-0.2, -0.15) is 0 Å². The van der Waals surface area contributed by atoms with Crippen LogP contribution in [0.3, 0.4) is 0 Å². The van der Waals surface area contributed by atoms with Gasteiger partial charge in [0.25, 0.3) is 5.91 Å². The predicted octanol–water partition coefficient (Wildman–Crippen LogP) is 4.53. The van der Waals surface area contributed by atoms with E-state index >= 15 is 4.79 Å². The summed E-state index contributed by atoms with van der Waals surface area (Å²) in [4.78, 5) is 45.9. The molecule has 3 fully saturated rings. The normalized spacial score (nSPS) is 26.7. The van der Waals surface area contributed by atoms with Gasteiger partial charge in [-0.3, -0.25) is 14.4 Å². The first-order valence-corrected chi connectivity index (χ1v) is 22.0. The van der Waals surface area contributed by atoms with Gasteiger partial charge in [0.15, 0.2) is 5.60 Å². The van der Waals surface area contributed by atoms with Gasteiger partial charge in [0, 0.05) is 23.7 Å². The number of carbonyl (C=O) groups is 3. The summed E-state index contributed by atoms with van der Waals surface area (Å²) in [6.45, 7) is 8.33. The lowest BCUT2D eigenvalue weighted by Gasteiger charge is -2.37. The topological polar surface area (TPSA) is 130 Å². The Morgan fingerprint density at radius 2 is 1.77 bits per heavy atom. The van der Waals surface area contributed by atoms with Crippen molar-refractivity contribution in [2.24, 2.45) is 5.92 Å². The van der Waals surface area contributed by atoms with Crippen LogP contribution >= 0.6 is 0 Å². The second kappa shape index (κ2) is 14.9. The average molecular weight is 741 g/mol. The number of fused-ring (bicyclic) bond motifs is 2. The van der Waals surface area contributed by atoms with E-state index in [9.17, 15) is 14.7 Å². The van der Waals surface area contributed by atoms with Crippen molar-refractivity contribution in [1.82, 2.24) is 10.2 Å². The highest BCUT2D eigenvalue weighted by molar-refractivity contribution is 6.91. The zero-order valence-corrected chi connectivity index (χ0v) is 32.4. The molecule has 7 rings (SSSR count). The molecule has 0 radical (unpaired) electrons. The van der Waals surface area contributed by atoms with Crippen LogP contribution in [0.15, 0.2) is 66.7 Å². The summed E-state index contributed by atoms with van der Waals surface area (Å²) in [6, 6.07) is 21.1. The Hall–Kier alpha value is -4.23. The maximum Gasteiger partial charge on any atom is 0.264 e. The zero-order valence-electron chi connectivity index (χ0n) is 31.4. The number of likely N-dealkylation sites (tertiary alicyclic amines) is 1. The standard InChI is InChI=1S/C41H52N4O7Si/c1-26-38(53(4,5)32-16-13-30(50-2)14-17-32)36(23-37(47)44-20-8-11-29(44)25-46)52-41(26)33-22-31(51-3)15-18-35(33)45(40(41)49)24-27-9-6-10-28(21-27)43-39(48)34-12-7-19-42-34/h6,9-10,13-18,21-22,26,29,34,36,38,42,46H,7-8,11-12,19-20,23-25H2,1-5H3,(H,43,48)/t26-,29+,34-,36+,38-,41+/m1/s1. The quantitative estimate of drug-likeness (QED) is 0.245. The lowest BCUT2D eigenvalue weighted by atomic mass is 9.82. The van der Waals surface area contributed by atoms with E-state index in [1.807, 2.05) is 54.6 Å². The van der Waals surface area contributed by atoms with Crippen LogP contribution in [-0.2, 0) is 31.3 Å². The summed E-state index contributed by atoms with van der Waals surface area (Å²) in [6.07, 6.45) is 2.96. The van der Waals surface area contributed by atoms with Gasteiger partial charge in [-0.15, -0.1) is 0 Å². The number of nitrogens with zero attached hydrogens (tertiary/aromatic N) is 2. The van der Waals surface area contributed by atoms with Gasteiger partial charge in [0.05, 0.1) is 65.7 Å². The number of aliphatic hydroxyl groups is 1. The molecular formula is C41H52N4O7Si. The molecular weight excluding hydrogens is 689 g/mol. The van der Waals surface area contributed by atoms with E-state index in [1.165, 1.54) is 5.19 Å². The van der Waals surface area contributed by atoms with Crippen molar-refractivity contribution in [2.75, 3.05) is 44.1 Å². The number of hydrogen-bond acceptors (Lipinski definition) is 8. The zero-order chi connectivity index (χ0) is 37.5. The van der Waals surface area contributed by atoms with Crippen molar-refractivity contribution >= 4 is 42.4 Å². The molecule has 3 aromatic carbocycles. The van der Waals surface area contributed by atoms with E-state index in [2.05, 4.69) is 42.8 Å². The summed E-state index contributed by atoms with van der Waals surface area (Å²) < 4.78 is 18.4. The Bertz CT molecular complexity index is 1850. The first kappa shape index (κ1) is 37.1. The van der Waals surface area contributed by atoms with Gasteiger partial charge in [0.2, 0.25) is 11.8 Å². The van der Waals surface area contributed by atoms with Crippen molar-refractivity contribution in [3.63, 3.8) is 0 Å². The Morgan fingerprint density at radius 3 is 2.47 bits per heavy atom. The third-order valence-corrected chi connectivity index (χ3v) is 16.6. The van der Waals surface area contributed by atoms with Crippen LogP contribution in [0.25, 0.3) is 0 Å². The fourth-order valence-corrected chi connectivity index (χ4v) is 13.5. The number of nitrogens with one attached hydrogen (secondary N) is 2. The van der Waals surface area contributed by atoms with Gasteiger partial charge in [-0.1, -0.05) is 49.5 Å². The molecule has 4 aliphatic rings. The van der Waals surface area contributed by atoms with Crippen LogP contribution in [0.2, 0.25) is 18.6 Å². The minimum absolute atomic E-state index is 0.0554. The van der Waals surface area contributed by atoms with E-state index < -0.39 is 19.8 Å². The number of carbonyl (C=O) groups excluding carboxylic acids is 3. The predicted molar refractivity (Wildman–Crippen MR) is 206 cm³/mol. The van der Waals surface area contributed by atoms with Gasteiger partial charge in [0.1, 0.15) is 11.5 Å². The highest BCUT2D eigenvalue weighted by Gasteiger charge is 2.66. The van der Waals surface area contributed by atoms with Crippen LogP contribution in [0.5, 0.6) is 11.5 Å². The van der Waals surface area contributed by atoms with Crippen LogP contribution in [-0.4, -0.2) is 87.9 Å². The molecule has 6 atom stereocenters. The minimum atomic E-state index is -2.48. The molecule has 282 valence electrons. The Balaban J connectivity index is 1.26. The first-order valence-electron chi connectivity index (χ1n) is 18.9. The molecule has 1 spiro atoms. The molecule has 3 amide bonds. The number of ether oxygens (including phenoxy) is 3. The Morgan fingerprint density at radius 1 is 1.02 bits per heavy atom. The minimum Gasteiger partial charge on any atom is -0.497 e. The molecule has 12 heteroatoms. The average Bonchev–Trinajstić information content (AvgIpc) is 3.97. The number of anilines is 2. The van der Waals surface area contributed by atoms with Crippen molar-refractivity contribution in [1.29, 1.82) is 0 Å². The summed E-state index contributed by atoms with van der Waals surface area (Å²) in [7, 11) is 0.777. The molecule has 11 nitrogen and oxygen atoms in total. The lowest BCUT2D eigenvalue weighted by Crippen LogP contribution is -2.52. The molecule has 4 aliphatic heterocycles. The van der Waals surface area contributed by atoms with E-state index in [0.29, 0.717) is 18.0 Å². The van der Waals surface area contributed by atoms with E-state index in [1.54, 1.807) is 24.0 Å². The Labute approximate surface area is 313 Å². The van der Waals surface area contributed by atoms with E-state index in [0.717, 1.165) is 54.8 Å². The molecule has 0 aromatic heterocycles. The Kier molecular flexibility index (Phi) is 10.4. The fourth-order valence-electron chi connectivity index (χ4n) is 9.49. The summed E-state index contributed by atoms with van der Waals surface area (Å²) in [5, 5.41) is 17.5. The molecule has 53 heavy (non-hydrogen) atoms. The molecule has 0 saturated carbocycles. The van der Waals surface area contributed by atoms with Gasteiger partial charge in [-0.25, -0.2) is 0 Å². The van der Waals surface area contributed by atoms with Gasteiger partial charge >= 0.3 is 0 Å². The summed E-state index contributed by atoms with van der Waals surface area (Å²) in [5.74, 6) is 0.791. The first-order chi connectivity index (χ1) is 25.5. The molecule has 3 aromatic rings. The molecule has 0 aliphatic carbocycles. The van der Waals surface area contributed by atoms with Gasteiger partial charge in [-0.05, 0) is 85.8 Å². The lowest BCUT2D eigenvalue weighted by molar-refractivity contribution is -0.150. The van der Waals surface area contributed by atoms with Crippen molar-refractivity contribution in [3.05, 3.63) is 77.9 Å². The number of amides is 3. The smallest absolute Gasteiger partial charge is 0.264 e. The van der Waals surface area contributed by atoms with Crippen LogP contribution in [0.4, 0.5) is 11.4 Å². The fraction of sp³-hybridized carbons (Fsp3) is 0.488. The summed E-state index contributed by atoms with van der Waals surface area (Å²) >= 11 is 0. The van der Waals surface area contributed by atoms with Crippen LogP contribution in [0, 0.1) is 5.92 Å². The highest BCUT2D eigenvalue weighted by atomic mass is 28.3. The van der Waals surface area contributed by atoms with E-state index in [4.69, 9.17) is 14.2 Å². The largest absolute Gasteiger partial charge is 0.497 e. The number of aliphatic hydroxyl groups excluding tert-OH is 1. The molecule has 0 unspecified atom stereocenters. The van der Waals surface area contributed by atoms with Crippen molar-refractivity contribution < 1.29 is 33.7 Å². The second-order valence-corrected chi connectivity index (χ2v) is 20.2. The molecule has 4 heterocycles. The maximum absolute atomic E-state index is 15.3. The number of methoxy groups -OCH3 is 2. The maximum atomic E-state index is 15.3. The van der Waals surface area contributed by atoms with Crippen molar-refractivity contribution in [3.8, 4) is 11.5 Å². The summed E-state index contributed by atoms with van der Waals surface area (Å²) in [5.41, 5.74) is 1.53. The molecule has 0 bridgehead atoms. The van der Waals surface area contributed by atoms with Crippen LogP contribution in [0.1, 0.15) is 50.2 Å². The van der Waals surface area contributed by atoms with Crippen molar-refractivity contribution in [2.45, 2.75) is 88.0 Å². The molecule has 3 saturated heterocycles. The van der Waals surface area contributed by atoms with Crippen LogP contribution < -0.4 is 30.2 Å². The number of rotatable bonds is 11. The SMILES string of the molecule is COc1ccc([Si](C)(C)[C@H]2[C@H](CC(=O)N3CCC[C@H]3CO)O[C@@]3(C(=O)N(Cc4cccc(NC(=O)[C@H]5CCCN5)c4)c4ccc(OC)cc43)[C@@H]2C)cc1.